The fraction of sp³-hybridized carbons (Fsp3) is 0.128. The molecule has 240 valence electrons. The van der Waals surface area contributed by atoms with Crippen molar-refractivity contribution in [3.05, 3.63) is 163 Å². The van der Waals surface area contributed by atoms with E-state index in [0.29, 0.717) is 17.5 Å². The van der Waals surface area contributed by atoms with E-state index in [1.165, 1.54) is 43.8 Å². The van der Waals surface area contributed by atoms with Crippen LogP contribution in [0, 0.1) is 0 Å². The number of hydrogen-bond donors (Lipinski definition) is 0. The molecule has 0 aliphatic heterocycles. The van der Waals surface area contributed by atoms with Gasteiger partial charge >= 0.3 is 0 Å². The lowest BCUT2D eigenvalue weighted by atomic mass is 9.55. The van der Waals surface area contributed by atoms with Crippen molar-refractivity contribution in [3.63, 3.8) is 0 Å². The summed E-state index contributed by atoms with van der Waals surface area (Å²) in [6, 6.07) is 54.0. The number of nitrogens with zero attached hydrogens (tertiary/aromatic N) is 3. The first-order valence-electron chi connectivity index (χ1n) is 17.4. The summed E-state index contributed by atoms with van der Waals surface area (Å²) in [5.41, 5.74) is 10.7. The predicted octanol–water partition coefficient (Wildman–Crippen LogP) is 12.1. The van der Waals surface area contributed by atoms with Gasteiger partial charge < -0.3 is 0 Å². The Hall–Kier alpha value is -5.93. The van der Waals surface area contributed by atoms with Crippen molar-refractivity contribution < 1.29 is 0 Å². The van der Waals surface area contributed by atoms with Crippen molar-refractivity contribution in [2.24, 2.45) is 0 Å². The first-order chi connectivity index (χ1) is 24.3. The van der Waals surface area contributed by atoms with Gasteiger partial charge in [0, 0.05) is 16.7 Å². The van der Waals surface area contributed by atoms with Crippen LogP contribution in [0.4, 0.5) is 0 Å². The van der Waals surface area contributed by atoms with E-state index in [1.807, 2.05) is 60.7 Å². The Morgan fingerprint density at radius 2 is 0.880 bits per heavy atom. The van der Waals surface area contributed by atoms with E-state index >= 15 is 0 Å². The van der Waals surface area contributed by atoms with Gasteiger partial charge in [0.2, 0.25) is 0 Å². The van der Waals surface area contributed by atoms with Crippen molar-refractivity contribution in [1.82, 2.24) is 15.0 Å². The molecule has 0 atom stereocenters. The van der Waals surface area contributed by atoms with E-state index in [0.717, 1.165) is 27.8 Å². The fourth-order valence-electron chi connectivity index (χ4n) is 7.82. The molecule has 1 aromatic heterocycles. The van der Waals surface area contributed by atoms with Crippen LogP contribution < -0.4 is 0 Å². The summed E-state index contributed by atoms with van der Waals surface area (Å²) in [4.78, 5) is 14.9. The quantitative estimate of drug-likeness (QED) is 0.179. The Morgan fingerprint density at radius 3 is 1.58 bits per heavy atom. The third-order valence-corrected chi connectivity index (χ3v) is 11.3. The van der Waals surface area contributed by atoms with Gasteiger partial charge in [0.15, 0.2) is 17.5 Å². The molecule has 1 heterocycles. The lowest BCUT2D eigenvalue weighted by Crippen LogP contribution is -2.43. The topological polar surface area (TPSA) is 38.7 Å². The minimum atomic E-state index is -0.0299. The summed E-state index contributed by atoms with van der Waals surface area (Å²) < 4.78 is 0. The van der Waals surface area contributed by atoms with Crippen LogP contribution in [0.1, 0.15) is 38.8 Å². The molecule has 0 spiro atoms. The fourth-order valence-corrected chi connectivity index (χ4v) is 7.82. The lowest BCUT2D eigenvalue weighted by molar-refractivity contribution is 0.299. The maximum Gasteiger partial charge on any atom is 0.164 e. The highest BCUT2D eigenvalue weighted by atomic mass is 15.0. The molecule has 1 aliphatic carbocycles. The smallest absolute Gasteiger partial charge is 0.164 e. The Labute approximate surface area is 293 Å². The maximum absolute atomic E-state index is 4.98. The van der Waals surface area contributed by atoms with Crippen molar-refractivity contribution in [2.75, 3.05) is 0 Å². The second kappa shape index (κ2) is 11.3. The van der Waals surface area contributed by atoms with Crippen molar-refractivity contribution in [1.29, 1.82) is 0 Å². The van der Waals surface area contributed by atoms with Crippen LogP contribution in [0.25, 0.3) is 78.0 Å². The molecular formula is C47H37N3. The lowest BCUT2D eigenvalue weighted by Gasteiger charge is -2.48. The van der Waals surface area contributed by atoms with Crippen LogP contribution in [0.5, 0.6) is 0 Å². The summed E-state index contributed by atoms with van der Waals surface area (Å²) in [5, 5.41) is 5.08. The van der Waals surface area contributed by atoms with Crippen LogP contribution in [-0.4, -0.2) is 15.0 Å². The molecule has 0 saturated carbocycles. The summed E-state index contributed by atoms with van der Waals surface area (Å²) in [6.07, 6.45) is 0. The van der Waals surface area contributed by atoms with E-state index in [2.05, 4.69) is 119 Å². The summed E-state index contributed by atoms with van der Waals surface area (Å²) in [6.45, 7) is 9.58. The molecule has 0 fully saturated rings. The second-order valence-electron chi connectivity index (χ2n) is 14.5. The second-order valence-corrected chi connectivity index (χ2v) is 14.5. The van der Waals surface area contributed by atoms with Crippen LogP contribution in [0.15, 0.2) is 152 Å². The molecule has 8 aromatic rings. The summed E-state index contributed by atoms with van der Waals surface area (Å²) in [5.74, 6) is 1.98. The molecule has 0 amide bonds. The van der Waals surface area contributed by atoms with Crippen LogP contribution in [0.3, 0.4) is 0 Å². The van der Waals surface area contributed by atoms with Gasteiger partial charge in [-0.2, -0.15) is 0 Å². The van der Waals surface area contributed by atoms with E-state index < -0.39 is 0 Å². The molecule has 1 aliphatic rings. The van der Waals surface area contributed by atoms with Crippen LogP contribution in [0.2, 0.25) is 0 Å². The molecule has 7 aromatic carbocycles. The van der Waals surface area contributed by atoms with Crippen LogP contribution in [-0.2, 0) is 10.8 Å². The molecule has 0 unspecified atom stereocenters. The highest BCUT2D eigenvalue weighted by Gasteiger charge is 2.46. The van der Waals surface area contributed by atoms with Crippen LogP contribution >= 0.6 is 0 Å². The van der Waals surface area contributed by atoms with Gasteiger partial charge in [-0.3, -0.25) is 0 Å². The molecule has 0 bridgehead atoms. The number of benzene rings is 7. The van der Waals surface area contributed by atoms with Gasteiger partial charge in [0.05, 0.1) is 0 Å². The Morgan fingerprint density at radius 1 is 0.360 bits per heavy atom. The minimum absolute atomic E-state index is 0.00154. The Balaban J connectivity index is 1.19. The van der Waals surface area contributed by atoms with E-state index in [1.54, 1.807) is 0 Å². The normalized spacial score (nSPS) is 14.3. The summed E-state index contributed by atoms with van der Waals surface area (Å²) in [7, 11) is 0. The largest absolute Gasteiger partial charge is 0.208 e. The molecule has 3 nitrogen and oxygen atoms in total. The zero-order valence-corrected chi connectivity index (χ0v) is 28.8. The number of aromatic nitrogens is 3. The van der Waals surface area contributed by atoms with Crippen molar-refractivity contribution in [2.45, 2.75) is 38.5 Å². The molecule has 3 heteroatoms. The molecule has 0 radical (unpaired) electrons. The highest BCUT2D eigenvalue weighted by Crippen LogP contribution is 2.55. The molecule has 9 rings (SSSR count). The monoisotopic (exact) mass is 643 g/mol. The van der Waals surface area contributed by atoms with Gasteiger partial charge in [-0.1, -0.05) is 167 Å². The third kappa shape index (κ3) is 4.69. The standard InChI is InChI=1S/C47H37N3/c1-46(2)40-21-12-11-20-38(40)42-37-25-24-30-22-23-34(29-39(30)36(37)26-27-41(42)47(46,3)4)33-18-13-19-35(28-33)45-49-43(31-14-7-5-8-15-31)48-44(50-45)32-16-9-6-10-17-32/h5-29H,1-4H3. The third-order valence-electron chi connectivity index (χ3n) is 11.3. The van der Waals surface area contributed by atoms with E-state index in [9.17, 15) is 0 Å². The maximum atomic E-state index is 4.98. The SMILES string of the molecule is CC1(C)c2ccccc2-c2c(ccc3c2ccc2ccc(-c4cccc(-c5nc(-c6ccccc6)nc(-c6ccccc6)n5)c4)cc23)C1(C)C. The first-order valence-corrected chi connectivity index (χ1v) is 17.4. The average molecular weight is 644 g/mol. The number of rotatable bonds is 4. The molecular weight excluding hydrogens is 607 g/mol. The van der Waals surface area contributed by atoms with Gasteiger partial charge in [-0.15, -0.1) is 0 Å². The van der Waals surface area contributed by atoms with E-state index in [-0.39, 0.29) is 10.8 Å². The van der Waals surface area contributed by atoms with Gasteiger partial charge in [0.1, 0.15) is 0 Å². The predicted molar refractivity (Wildman–Crippen MR) is 208 cm³/mol. The number of hydrogen-bond acceptors (Lipinski definition) is 3. The number of fused-ring (bicyclic) bond motifs is 7. The average Bonchev–Trinajstić information content (AvgIpc) is 3.17. The van der Waals surface area contributed by atoms with Crippen molar-refractivity contribution in [3.8, 4) is 56.4 Å². The summed E-state index contributed by atoms with van der Waals surface area (Å²) >= 11 is 0. The Kier molecular flexibility index (Phi) is 6.82. The molecule has 0 N–H and O–H groups in total. The highest BCUT2D eigenvalue weighted by molar-refractivity contribution is 6.14. The Bertz CT molecular complexity index is 2530. The zero-order chi connectivity index (χ0) is 34.0. The van der Waals surface area contributed by atoms with Gasteiger partial charge in [-0.25, -0.2) is 15.0 Å². The zero-order valence-electron chi connectivity index (χ0n) is 28.8. The van der Waals surface area contributed by atoms with E-state index in [4.69, 9.17) is 15.0 Å². The minimum Gasteiger partial charge on any atom is -0.208 e. The first kappa shape index (κ1) is 30.2. The van der Waals surface area contributed by atoms with Gasteiger partial charge in [-0.05, 0) is 77.9 Å². The molecule has 0 saturated heterocycles. The van der Waals surface area contributed by atoms with Crippen molar-refractivity contribution >= 4 is 21.5 Å². The molecule has 50 heavy (non-hydrogen) atoms. The van der Waals surface area contributed by atoms with Gasteiger partial charge in [0.25, 0.3) is 0 Å².